The van der Waals surface area contributed by atoms with Crippen molar-refractivity contribution >= 4 is 12.6 Å². The van der Waals surface area contributed by atoms with Crippen molar-refractivity contribution in [2.75, 3.05) is 0 Å². The van der Waals surface area contributed by atoms with Crippen molar-refractivity contribution in [3.05, 3.63) is 29.6 Å². The fourth-order valence-electron chi connectivity index (χ4n) is 0.569. The number of rotatable bonds is 2. The van der Waals surface area contributed by atoms with Crippen LogP contribution in [0.4, 0.5) is 0 Å². The summed E-state index contributed by atoms with van der Waals surface area (Å²) in [5.74, 6) is 0. The third kappa shape index (κ3) is 1.07. The molecule has 0 aromatic carbocycles. The molecule has 0 aliphatic heterocycles. The molecular weight excluding hydrogens is 130 g/mol. The quantitative estimate of drug-likeness (QED) is 0.570. The summed E-state index contributed by atoms with van der Waals surface area (Å²) in [6.45, 7) is 0. The first-order chi connectivity index (χ1) is 4.88. The van der Waals surface area contributed by atoms with Gasteiger partial charge in [-0.2, -0.15) is 0 Å². The van der Waals surface area contributed by atoms with Gasteiger partial charge in [-0.1, -0.05) is 0 Å². The van der Waals surface area contributed by atoms with E-state index in [-0.39, 0.29) is 11.3 Å². The van der Waals surface area contributed by atoms with E-state index in [1.807, 2.05) is 0 Å². The normalized spacial score (nSPS) is 8.80. The molecule has 0 unspecified atom stereocenters. The molecule has 3 heteroatoms. The smallest absolute Gasteiger partial charge is 0.254 e. The van der Waals surface area contributed by atoms with E-state index in [9.17, 15) is 9.59 Å². The van der Waals surface area contributed by atoms with Gasteiger partial charge >= 0.3 is 0 Å². The number of aromatic nitrogens is 1. The molecule has 48 valence electrons. The van der Waals surface area contributed by atoms with Crippen molar-refractivity contribution < 1.29 is 9.59 Å². The van der Waals surface area contributed by atoms with E-state index in [0.717, 1.165) is 0 Å². The lowest BCUT2D eigenvalue weighted by Crippen LogP contribution is -1.93. The van der Waals surface area contributed by atoms with Crippen molar-refractivity contribution in [1.29, 1.82) is 0 Å². The lowest BCUT2D eigenvalue weighted by Gasteiger charge is -1.88. The predicted octanol–water partition coefficient (Wildman–Crippen LogP) is -0.00280. The largest absolute Gasteiger partial charge is 0.285 e. The molecule has 1 aromatic heterocycles. The van der Waals surface area contributed by atoms with Gasteiger partial charge in [0.25, 0.3) is 6.29 Å². The van der Waals surface area contributed by atoms with Gasteiger partial charge in [-0.3, -0.25) is 14.6 Å². The minimum Gasteiger partial charge on any atom is -0.285 e. The highest BCUT2D eigenvalue weighted by Crippen LogP contribution is 1.96. The highest BCUT2D eigenvalue weighted by atomic mass is 16.1. The van der Waals surface area contributed by atoms with E-state index >= 15 is 0 Å². The molecule has 0 spiro atoms. The molecule has 2 radical (unpaired) electrons. The Bertz CT molecular complexity index is 231. The van der Waals surface area contributed by atoms with Crippen LogP contribution >= 0.6 is 0 Å². The van der Waals surface area contributed by atoms with Gasteiger partial charge in [0.1, 0.15) is 5.69 Å². The van der Waals surface area contributed by atoms with Gasteiger partial charge in [0.05, 0.1) is 5.56 Å². The Labute approximate surface area is 57.7 Å². The van der Waals surface area contributed by atoms with Crippen molar-refractivity contribution in [2.45, 2.75) is 0 Å². The first-order valence-electron chi connectivity index (χ1n) is 2.60. The molecule has 1 aromatic rings. The van der Waals surface area contributed by atoms with E-state index in [1.165, 1.54) is 18.5 Å². The Balaban J connectivity index is 3.20. The summed E-state index contributed by atoms with van der Waals surface area (Å²) < 4.78 is 0. The molecule has 0 atom stereocenters. The third-order valence-corrected chi connectivity index (χ3v) is 1.01. The molecule has 10 heavy (non-hydrogen) atoms. The molecule has 0 saturated heterocycles. The number of pyridine rings is 1. The molecule has 0 bridgehead atoms. The molecule has 3 nitrogen and oxygen atoms in total. The molecule has 0 saturated carbocycles. The summed E-state index contributed by atoms with van der Waals surface area (Å²) in [5.41, 5.74) is 0.162. The molecule has 1 heterocycles. The van der Waals surface area contributed by atoms with Crippen LogP contribution in [-0.2, 0) is 9.59 Å². The Morgan fingerprint density at radius 2 is 2.10 bits per heavy atom. The second kappa shape index (κ2) is 2.87. The molecule has 1 rings (SSSR count). The van der Waals surface area contributed by atoms with E-state index in [4.69, 9.17) is 0 Å². The van der Waals surface area contributed by atoms with Crippen LogP contribution in [0.5, 0.6) is 0 Å². The number of nitrogens with zero attached hydrogens (tertiary/aromatic N) is 1. The van der Waals surface area contributed by atoms with Gasteiger partial charge < -0.3 is 0 Å². The summed E-state index contributed by atoms with van der Waals surface area (Å²) in [6, 6.07) is 3.02. The number of carbonyl (C=O) groups excluding carboxylic acids is 2. The van der Waals surface area contributed by atoms with E-state index in [1.54, 1.807) is 12.4 Å². The Morgan fingerprint density at radius 3 is 2.60 bits per heavy atom. The lowest BCUT2D eigenvalue weighted by molar-refractivity contribution is 0.557. The molecule has 0 N–H and O–H groups in total. The van der Waals surface area contributed by atoms with Gasteiger partial charge in [0.15, 0.2) is 0 Å². The van der Waals surface area contributed by atoms with Crippen LogP contribution in [-0.4, -0.2) is 17.6 Å². The first kappa shape index (κ1) is 6.61. The summed E-state index contributed by atoms with van der Waals surface area (Å²) in [6.07, 6.45) is 4.51. The molecule has 0 aliphatic rings. The Morgan fingerprint density at radius 1 is 1.30 bits per heavy atom. The van der Waals surface area contributed by atoms with Crippen molar-refractivity contribution in [2.24, 2.45) is 0 Å². The summed E-state index contributed by atoms with van der Waals surface area (Å²) in [5, 5.41) is 0. The summed E-state index contributed by atoms with van der Waals surface area (Å²) >= 11 is 0. The average Bonchev–Trinajstić information content (AvgIpc) is 2.04. The van der Waals surface area contributed by atoms with Crippen molar-refractivity contribution in [3.63, 3.8) is 0 Å². The molecule has 0 amide bonds. The fourth-order valence-corrected chi connectivity index (χ4v) is 0.569. The third-order valence-electron chi connectivity index (χ3n) is 1.01. The predicted molar refractivity (Wildman–Crippen MR) is 33.8 cm³/mol. The van der Waals surface area contributed by atoms with Crippen LogP contribution in [0.15, 0.2) is 18.3 Å². The average molecular weight is 133 g/mol. The Kier molecular flexibility index (Phi) is 1.89. The maximum absolute atomic E-state index is 10.0. The zero-order chi connectivity index (χ0) is 7.40. The van der Waals surface area contributed by atoms with Crippen LogP contribution in [0.25, 0.3) is 0 Å². The maximum atomic E-state index is 10.0. The zero-order valence-electron chi connectivity index (χ0n) is 5.00. The van der Waals surface area contributed by atoms with Crippen LogP contribution in [0.1, 0.15) is 11.3 Å². The van der Waals surface area contributed by atoms with Crippen molar-refractivity contribution in [3.8, 4) is 0 Å². The topological polar surface area (TPSA) is 47.0 Å². The summed E-state index contributed by atoms with van der Waals surface area (Å²) in [7, 11) is 0. The van der Waals surface area contributed by atoms with Gasteiger partial charge in [-0.05, 0) is 12.1 Å². The van der Waals surface area contributed by atoms with E-state index in [0.29, 0.717) is 0 Å². The molecule has 0 aliphatic carbocycles. The van der Waals surface area contributed by atoms with Crippen LogP contribution in [0.3, 0.4) is 0 Å². The highest BCUT2D eigenvalue weighted by Gasteiger charge is 1.99. The second-order valence-electron chi connectivity index (χ2n) is 1.60. The zero-order valence-corrected chi connectivity index (χ0v) is 5.00. The van der Waals surface area contributed by atoms with Crippen LogP contribution in [0.2, 0.25) is 0 Å². The number of hydrogen-bond donors (Lipinski definition) is 0. The van der Waals surface area contributed by atoms with Crippen molar-refractivity contribution in [1.82, 2.24) is 4.98 Å². The van der Waals surface area contributed by atoms with E-state index in [2.05, 4.69) is 4.98 Å². The highest BCUT2D eigenvalue weighted by molar-refractivity contribution is 5.88. The maximum Gasteiger partial charge on any atom is 0.254 e. The molecule has 0 fully saturated rings. The van der Waals surface area contributed by atoms with Crippen LogP contribution < -0.4 is 0 Å². The first-order valence-corrected chi connectivity index (χ1v) is 2.60. The molecular formula is C7H3NO2. The second-order valence-corrected chi connectivity index (χ2v) is 1.60. The standard InChI is InChI=1S/C7H3NO2/c9-4-6-2-1-3-8-7(6)5-10/h1-3H. The van der Waals surface area contributed by atoms with E-state index < -0.39 is 0 Å². The summed E-state index contributed by atoms with van der Waals surface area (Å²) in [4.78, 5) is 23.6. The minimum absolute atomic E-state index is 0.0116. The Hall–Kier alpha value is -1.51. The fraction of sp³-hybridized carbons (Fsp3) is 0. The monoisotopic (exact) mass is 133 g/mol. The number of hydrogen-bond acceptors (Lipinski definition) is 3. The van der Waals surface area contributed by atoms with Crippen LogP contribution in [0, 0.1) is 0 Å². The van der Waals surface area contributed by atoms with Gasteiger partial charge in [-0.25, -0.2) is 0 Å². The lowest BCUT2D eigenvalue weighted by atomic mass is 10.2. The SMILES string of the molecule is O=[C]c1cccnc1[C]=O. The van der Waals surface area contributed by atoms with Gasteiger partial charge in [-0.15, -0.1) is 0 Å². The van der Waals surface area contributed by atoms with Gasteiger partial charge in [0, 0.05) is 6.20 Å². The minimum atomic E-state index is 0.0116. The van der Waals surface area contributed by atoms with Gasteiger partial charge in [0.2, 0.25) is 6.29 Å².